The lowest BCUT2D eigenvalue weighted by molar-refractivity contribution is 0.311. The van der Waals surface area contributed by atoms with Gasteiger partial charge < -0.3 is 20.1 Å². The van der Waals surface area contributed by atoms with E-state index in [1.165, 1.54) is 5.56 Å². The van der Waals surface area contributed by atoms with Gasteiger partial charge in [-0.05, 0) is 43.2 Å². The van der Waals surface area contributed by atoms with Crippen LogP contribution in [0.25, 0.3) is 0 Å². The van der Waals surface area contributed by atoms with Gasteiger partial charge in [0.2, 0.25) is 0 Å². The Labute approximate surface area is 173 Å². The normalized spacial score (nSPS) is 10.7. The SMILES string of the molecule is CN=C(NCCCOc1ccc(C)cc1)NCc1cccc(OC)c1.I. The molecular weight excluding hydrogens is 441 g/mol. The molecular formula is C20H28IN3O2. The molecule has 0 aromatic heterocycles. The molecule has 5 nitrogen and oxygen atoms in total. The van der Waals surface area contributed by atoms with Crippen LogP contribution in [0.5, 0.6) is 11.5 Å². The molecule has 142 valence electrons. The van der Waals surface area contributed by atoms with Gasteiger partial charge in [0.25, 0.3) is 0 Å². The van der Waals surface area contributed by atoms with Gasteiger partial charge >= 0.3 is 0 Å². The number of hydrogen-bond acceptors (Lipinski definition) is 3. The Kier molecular flexibility index (Phi) is 10.5. The fourth-order valence-electron chi connectivity index (χ4n) is 2.29. The van der Waals surface area contributed by atoms with Crippen molar-refractivity contribution in [3.05, 3.63) is 59.7 Å². The summed E-state index contributed by atoms with van der Waals surface area (Å²) in [5.74, 6) is 2.54. The minimum absolute atomic E-state index is 0. The van der Waals surface area contributed by atoms with Crippen LogP contribution in [0.2, 0.25) is 0 Å². The number of ether oxygens (including phenoxy) is 2. The van der Waals surface area contributed by atoms with Crippen LogP contribution in [0.3, 0.4) is 0 Å². The highest BCUT2D eigenvalue weighted by Crippen LogP contribution is 2.12. The minimum Gasteiger partial charge on any atom is -0.497 e. The molecule has 2 rings (SSSR count). The van der Waals surface area contributed by atoms with Gasteiger partial charge in [-0.15, -0.1) is 24.0 Å². The molecule has 0 fully saturated rings. The standard InChI is InChI=1S/C20H27N3O2.HI/c1-16-8-10-18(11-9-16)25-13-5-12-22-20(21-2)23-15-17-6-4-7-19(14-17)24-3;/h4,6-11,14H,5,12-13,15H2,1-3H3,(H2,21,22,23);1H. The van der Waals surface area contributed by atoms with Crippen molar-refractivity contribution >= 4 is 29.9 Å². The number of methoxy groups -OCH3 is 1. The number of benzene rings is 2. The molecule has 0 aliphatic heterocycles. The molecule has 6 heteroatoms. The molecule has 0 saturated heterocycles. The number of aryl methyl sites for hydroxylation is 1. The molecule has 0 spiro atoms. The Morgan fingerprint density at radius 1 is 1.04 bits per heavy atom. The van der Waals surface area contributed by atoms with Crippen LogP contribution >= 0.6 is 24.0 Å². The third kappa shape index (κ3) is 7.95. The second-order valence-electron chi connectivity index (χ2n) is 5.72. The number of rotatable bonds is 8. The van der Waals surface area contributed by atoms with E-state index >= 15 is 0 Å². The maximum absolute atomic E-state index is 5.72. The van der Waals surface area contributed by atoms with Crippen LogP contribution in [0.1, 0.15) is 17.5 Å². The average molecular weight is 469 g/mol. The first-order chi connectivity index (χ1) is 12.2. The molecule has 0 atom stereocenters. The second-order valence-corrected chi connectivity index (χ2v) is 5.72. The second kappa shape index (κ2) is 12.4. The highest BCUT2D eigenvalue weighted by atomic mass is 127. The lowest BCUT2D eigenvalue weighted by Gasteiger charge is -2.13. The van der Waals surface area contributed by atoms with E-state index in [1.54, 1.807) is 14.2 Å². The summed E-state index contributed by atoms with van der Waals surface area (Å²) in [6.07, 6.45) is 0.897. The van der Waals surface area contributed by atoms with Crippen LogP contribution < -0.4 is 20.1 Å². The molecule has 0 amide bonds. The van der Waals surface area contributed by atoms with Gasteiger partial charge in [0.1, 0.15) is 11.5 Å². The first kappa shape index (κ1) is 22.1. The van der Waals surface area contributed by atoms with E-state index in [-0.39, 0.29) is 24.0 Å². The molecule has 2 aromatic rings. The van der Waals surface area contributed by atoms with E-state index in [2.05, 4.69) is 40.7 Å². The van der Waals surface area contributed by atoms with E-state index in [4.69, 9.17) is 9.47 Å². The summed E-state index contributed by atoms with van der Waals surface area (Å²) < 4.78 is 11.0. The summed E-state index contributed by atoms with van der Waals surface area (Å²) in [5.41, 5.74) is 2.38. The maximum Gasteiger partial charge on any atom is 0.191 e. The monoisotopic (exact) mass is 469 g/mol. The molecule has 0 aliphatic carbocycles. The first-order valence-corrected chi connectivity index (χ1v) is 8.48. The van der Waals surface area contributed by atoms with E-state index in [1.807, 2.05) is 30.3 Å². The summed E-state index contributed by atoms with van der Waals surface area (Å²) in [7, 11) is 3.44. The van der Waals surface area contributed by atoms with E-state index in [0.29, 0.717) is 13.2 Å². The summed E-state index contributed by atoms with van der Waals surface area (Å²) in [6, 6.07) is 16.1. The summed E-state index contributed by atoms with van der Waals surface area (Å²) in [5, 5.41) is 6.59. The van der Waals surface area contributed by atoms with E-state index < -0.39 is 0 Å². The molecule has 2 N–H and O–H groups in total. The third-order valence-electron chi connectivity index (χ3n) is 3.72. The summed E-state index contributed by atoms with van der Waals surface area (Å²) in [4.78, 5) is 4.23. The van der Waals surface area contributed by atoms with Crippen molar-refractivity contribution < 1.29 is 9.47 Å². The van der Waals surface area contributed by atoms with Crippen LogP contribution in [-0.2, 0) is 6.54 Å². The Morgan fingerprint density at radius 3 is 2.50 bits per heavy atom. The van der Waals surface area contributed by atoms with E-state index in [0.717, 1.165) is 36.0 Å². The van der Waals surface area contributed by atoms with Gasteiger partial charge in [-0.2, -0.15) is 0 Å². The molecule has 0 radical (unpaired) electrons. The smallest absolute Gasteiger partial charge is 0.191 e. The number of nitrogens with one attached hydrogen (secondary N) is 2. The zero-order valence-electron chi connectivity index (χ0n) is 15.6. The molecule has 0 bridgehead atoms. The molecule has 26 heavy (non-hydrogen) atoms. The Bertz CT molecular complexity index is 675. The number of hydrogen-bond donors (Lipinski definition) is 2. The fraction of sp³-hybridized carbons (Fsp3) is 0.350. The van der Waals surface area contributed by atoms with Crippen molar-refractivity contribution in [1.82, 2.24) is 10.6 Å². The van der Waals surface area contributed by atoms with Gasteiger partial charge in [0.05, 0.1) is 13.7 Å². The fourth-order valence-corrected chi connectivity index (χ4v) is 2.29. The van der Waals surface area contributed by atoms with Gasteiger partial charge in [-0.3, -0.25) is 4.99 Å². The number of aliphatic imine (C=N–C) groups is 1. The van der Waals surface area contributed by atoms with Crippen LogP contribution in [0.15, 0.2) is 53.5 Å². The van der Waals surface area contributed by atoms with Crippen molar-refractivity contribution in [2.24, 2.45) is 4.99 Å². The molecule has 0 heterocycles. The van der Waals surface area contributed by atoms with Crippen molar-refractivity contribution in [2.75, 3.05) is 27.3 Å². The minimum atomic E-state index is 0. The summed E-state index contributed by atoms with van der Waals surface area (Å²) in [6.45, 7) is 4.22. The predicted molar refractivity (Wildman–Crippen MR) is 118 cm³/mol. The predicted octanol–water partition coefficient (Wildman–Crippen LogP) is 3.76. The molecule has 0 unspecified atom stereocenters. The van der Waals surface area contributed by atoms with Gasteiger partial charge in [-0.25, -0.2) is 0 Å². The first-order valence-electron chi connectivity index (χ1n) is 8.48. The Hall–Kier alpha value is -1.96. The topological polar surface area (TPSA) is 54.9 Å². The molecule has 0 aliphatic rings. The van der Waals surface area contributed by atoms with Crippen molar-refractivity contribution in [3.8, 4) is 11.5 Å². The Morgan fingerprint density at radius 2 is 1.81 bits per heavy atom. The highest BCUT2D eigenvalue weighted by molar-refractivity contribution is 14.0. The quantitative estimate of drug-likeness (QED) is 0.268. The van der Waals surface area contributed by atoms with Crippen LogP contribution in [-0.4, -0.2) is 33.3 Å². The van der Waals surface area contributed by atoms with Crippen LogP contribution in [0, 0.1) is 6.92 Å². The summed E-state index contributed by atoms with van der Waals surface area (Å²) >= 11 is 0. The zero-order valence-corrected chi connectivity index (χ0v) is 17.9. The largest absolute Gasteiger partial charge is 0.497 e. The van der Waals surface area contributed by atoms with Gasteiger partial charge in [0.15, 0.2) is 5.96 Å². The van der Waals surface area contributed by atoms with Gasteiger partial charge in [-0.1, -0.05) is 29.8 Å². The maximum atomic E-state index is 5.72. The van der Waals surface area contributed by atoms with Crippen LogP contribution in [0.4, 0.5) is 0 Å². The van der Waals surface area contributed by atoms with Crippen molar-refractivity contribution in [1.29, 1.82) is 0 Å². The molecule has 2 aromatic carbocycles. The lowest BCUT2D eigenvalue weighted by atomic mass is 10.2. The number of halogens is 1. The molecule has 0 saturated carbocycles. The van der Waals surface area contributed by atoms with Crippen molar-refractivity contribution in [2.45, 2.75) is 19.9 Å². The van der Waals surface area contributed by atoms with E-state index in [9.17, 15) is 0 Å². The van der Waals surface area contributed by atoms with Crippen molar-refractivity contribution in [3.63, 3.8) is 0 Å². The third-order valence-corrected chi connectivity index (χ3v) is 3.72. The number of guanidine groups is 1. The Balaban J connectivity index is 0.00000338. The average Bonchev–Trinajstić information content (AvgIpc) is 2.65. The zero-order chi connectivity index (χ0) is 17.9. The highest BCUT2D eigenvalue weighted by Gasteiger charge is 2.00. The lowest BCUT2D eigenvalue weighted by Crippen LogP contribution is -2.37. The number of nitrogens with zero attached hydrogens (tertiary/aromatic N) is 1. The van der Waals surface area contributed by atoms with Gasteiger partial charge in [0, 0.05) is 20.1 Å².